The Labute approximate surface area is 198 Å². The van der Waals surface area contributed by atoms with Crippen LogP contribution in [-0.2, 0) is 0 Å². The highest BCUT2D eigenvalue weighted by atomic mass is 79.9. The molecule has 1 heterocycles. The molecule has 0 bridgehead atoms. The minimum absolute atomic E-state index is 0.171. The summed E-state index contributed by atoms with van der Waals surface area (Å²) < 4.78 is 7.01. The van der Waals surface area contributed by atoms with Gasteiger partial charge in [-0.1, -0.05) is 76.6 Å². The van der Waals surface area contributed by atoms with Crippen LogP contribution in [0, 0.1) is 0 Å². The van der Waals surface area contributed by atoms with E-state index in [0.717, 1.165) is 31.6 Å². The van der Waals surface area contributed by atoms with Crippen molar-refractivity contribution in [2.45, 2.75) is 0 Å². The third-order valence-corrected chi connectivity index (χ3v) is 6.47. The molecule has 0 aliphatic rings. The van der Waals surface area contributed by atoms with E-state index in [1.807, 2.05) is 78.9 Å². The maximum Gasteiger partial charge on any atom is 0.256 e. The lowest BCUT2D eigenvalue weighted by Gasteiger charge is -2.09. The first-order valence-electron chi connectivity index (χ1n) is 10.5. The summed E-state index contributed by atoms with van der Waals surface area (Å²) in [6.07, 6.45) is 0. The van der Waals surface area contributed by atoms with E-state index in [-0.39, 0.29) is 5.91 Å². The SMILES string of the molecule is O=C(Nc1ccc2oc(-c3cccc4ccccc34)nc2c1)c1cccc2c(Br)cccc12. The molecule has 0 atom stereocenters. The number of rotatable bonds is 3. The number of halogens is 1. The summed E-state index contributed by atoms with van der Waals surface area (Å²) in [5, 5.41) is 7.11. The van der Waals surface area contributed by atoms with Crippen LogP contribution in [0.2, 0.25) is 0 Å². The second-order valence-electron chi connectivity index (χ2n) is 7.82. The van der Waals surface area contributed by atoms with Gasteiger partial charge in [0.05, 0.1) is 0 Å². The minimum Gasteiger partial charge on any atom is -0.436 e. The molecular weight excluding hydrogens is 476 g/mol. The first-order valence-corrected chi connectivity index (χ1v) is 11.3. The number of hydrogen-bond donors (Lipinski definition) is 1. The van der Waals surface area contributed by atoms with Gasteiger partial charge in [-0.15, -0.1) is 0 Å². The van der Waals surface area contributed by atoms with Crippen LogP contribution < -0.4 is 5.32 Å². The van der Waals surface area contributed by atoms with Gasteiger partial charge in [-0.2, -0.15) is 0 Å². The smallest absolute Gasteiger partial charge is 0.256 e. The standard InChI is InChI=1S/C28H17BrN2O2/c29-24-13-5-9-20-21(24)10-4-11-22(20)27(32)30-18-14-15-26-25(16-18)31-28(33-26)23-12-3-7-17-6-1-2-8-19(17)23/h1-16H,(H,30,32). The predicted octanol–water partition coefficient (Wildman–Crippen LogP) is 7.82. The van der Waals surface area contributed by atoms with Crippen LogP contribution in [0.4, 0.5) is 5.69 Å². The van der Waals surface area contributed by atoms with Crippen molar-refractivity contribution in [2.24, 2.45) is 0 Å². The molecule has 1 amide bonds. The molecule has 5 aromatic carbocycles. The van der Waals surface area contributed by atoms with E-state index >= 15 is 0 Å². The number of benzene rings is 5. The van der Waals surface area contributed by atoms with E-state index in [1.54, 1.807) is 0 Å². The summed E-state index contributed by atoms with van der Waals surface area (Å²) in [5.41, 5.74) is 3.58. The van der Waals surface area contributed by atoms with Gasteiger partial charge in [0.15, 0.2) is 5.58 Å². The van der Waals surface area contributed by atoms with Gasteiger partial charge in [0.1, 0.15) is 5.52 Å². The zero-order valence-corrected chi connectivity index (χ0v) is 19.0. The zero-order valence-electron chi connectivity index (χ0n) is 17.4. The summed E-state index contributed by atoms with van der Waals surface area (Å²) in [6.45, 7) is 0. The van der Waals surface area contributed by atoms with Crippen LogP contribution >= 0.6 is 15.9 Å². The van der Waals surface area contributed by atoms with Crippen LogP contribution in [0.1, 0.15) is 10.4 Å². The molecule has 0 unspecified atom stereocenters. The summed E-state index contributed by atoms with van der Waals surface area (Å²) in [5.74, 6) is 0.389. The van der Waals surface area contributed by atoms with Gasteiger partial charge in [-0.05, 0) is 57.9 Å². The number of aromatic nitrogens is 1. The van der Waals surface area contributed by atoms with E-state index in [2.05, 4.69) is 39.4 Å². The predicted molar refractivity (Wildman–Crippen MR) is 137 cm³/mol. The van der Waals surface area contributed by atoms with Crippen LogP contribution in [0.3, 0.4) is 0 Å². The second-order valence-corrected chi connectivity index (χ2v) is 8.68. The van der Waals surface area contributed by atoms with Gasteiger partial charge in [-0.25, -0.2) is 4.98 Å². The van der Waals surface area contributed by atoms with Crippen molar-refractivity contribution in [1.82, 2.24) is 4.98 Å². The molecule has 0 saturated carbocycles. The number of fused-ring (bicyclic) bond motifs is 3. The normalized spacial score (nSPS) is 11.3. The molecule has 158 valence electrons. The fourth-order valence-corrected chi connectivity index (χ4v) is 4.70. The van der Waals surface area contributed by atoms with Crippen molar-refractivity contribution >= 4 is 60.2 Å². The highest BCUT2D eigenvalue weighted by Gasteiger charge is 2.14. The fraction of sp³-hybridized carbons (Fsp3) is 0. The molecule has 0 saturated heterocycles. The number of oxazole rings is 1. The molecule has 0 spiro atoms. The monoisotopic (exact) mass is 492 g/mol. The Morgan fingerprint density at radius 1 is 0.788 bits per heavy atom. The lowest BCUT2D eigenvalue weighted by molar-refractivity contribution is 0.102. The lowest BCUT2D eigenvalue weighted by Crippen LogP contribution is -2.12. The van der Waals surface area contributed by atoms with Gasteiger partial charge < -0.3 is 9.73 Å². The third-order valence-electron chi connectivity index (χ3n) is 5.78. The summed E-state index contributed by atoms with van der Waals surface area (Å²) in [7, 11) is 0. The highest BCUT2D eigenvalue weighted by Crippen LogP contribution is 2.32. The number of carbonyl (C=O) groups excluding carboxylic acids is 1. The van der Waals surface area contributed by atoms with Crippen molar-refractivity contribution in [1.29, 1.82) is 0 Å². The Morgan fingerprint density at radius 3 is 2.48 bits per heavy atom. The number of hydrogen-bond acceptors (Lipinski definition) is 3. The maximum atomic E-state index is 13.1. The molecule has 0 aliphatic carbocycles. The maximum absolute atomic E-state index is 13.1. The van der Waals surface area contributed by atoms with Crippen molar-refractivity contribution in [3.05, 3.63) is 107 Å². The summed E-state index contributed by atoms with van der Waals surface area (Å²) in [6, 6.07) is 31.3. The number of amides is 1. The first-order chi connectivity index (χ1) is 16.2. The van der Waals surface area contributed by atoms with Gasteiger partial charge in [0, 0.05) is 21.3 Å². The topological polar surface area (TPSA) is 55.1 Å². The van der Waals surface area contributed by atoms with E-state index < -0.39 is 0 Å². The van der Waals surface area contributed by atoms with E-state index in [4.69, 9.17) is 9.40 Å². The second kappa shape index (κ2) is 7.87. The Balaban J connectivity index is 1.36. The Bertz CT molecular complexity index is 1680. The van der Waals surface area contributed by atoms with Gasteiger partial charge >= 0.3 is 0 Å². The van der Waals surface area contributed by atoms with Crippen LogP contribution in [0.25, 0.3) is 44.1 Å². The van der Waals surface area contributed by atoms with Crippen LogP contribution in [-0.4, -0.2) is 10.9 Å². The fourth-order valence-electron chi connectivity index (χ4n) is 4.20. The van der Waals surface area contributed by atoms with Crippen molar-refractivity contribution < 1.29 is 9.21 Å². The molecule has 0 aliphatic heterocycles. The van der Waals surface area contributed by atoms with E-state index in [0.29, 0.717) is 28.2 Å². The zero-order chi connectivity index (χ0) is 22.4. The molecule has 5 heteroatoms. The van der Waals surface area contributed by atoms with Gasteiger partial charge in [0.2, 0.25) is 5.89 Å². The first kappa shape index (κ1) is 19.7. The molecule has 33 heavy (non-hydrogen) atoms. The molecule has 1 aromatic heterocycles. The quantitative estimate of drug-likeness (QED) is 0.274. The Kier molecular flexibility index (Phi) is 4.70. The number of carbonyl (C=O) groups is 1. The molecule has 0 fully saturated rings. The lowest BCUT2D eigenvalue weighted by atomic mass is 10.0. The largest absolute Gasteiger partial charge is 0.436 e. The molecular formula is C28H17BrN2O2. The highest BCUT2D eigenvalue weighted by molar-refractivity contribution is 9.10. The average molecular weight is 493 g/mol. The Hall–Kier alpha value is -3.96. The van der Waals surface area contributed by atoms with Gasteiger partial charge in [0.25, 0.3) is 5.91 Å². The molecule has 6 aromatic rings. The van der Waals surface area contributed by atoms with Crippen molar-refractivity contribution in [2.75, 3.05) is 5.32 Å². The van der Waals surface area contributed by atoms with Crippen LogP contribution in [0.5, 0.6) is 0 Å². The third kappa shape index (κ3) is 3.47. The number of nitrogens with one attached hydrogen (secondary N) is 1. The van der Waals surface area contributed by atoms with Gasteiger partial charge in [-0.3, -0.25) is 4.79 Å². The van der Waals surface area contributed by atoms with Crippen molar-refractivity contribution in [3.63, 3.8) is 0 Å². The average Bonchev–Trinajstić information content (AvgIpc) is 3.27. The number of nitrogens with zero attached hydrogens (tertiary/aromatic N) is 1. The molecule has 4 nitrogen and oxygen atoms in total. The van der Waals surface area contributed by atoms with Crippen LogP contribution in [0.15, 0.2) is 106 Å². The number of anilines is 1. The summed E-state index contributed by atoms with van der Waals surface area (Å²) in [4.78, 5) is 17.8. The molecule has 0 radical (unpaired) electrons. The van der Waals surface area contributed by atoms with E-state index in [9.17, 15) is 4.79 Å². The van der Waals surface area contributed by atoms with Crippen molar-refractivity contribution in [3.8, 4) is 11.5 Å². The Morgan fingerprint density at radius 2 is 1.55 bits per heavy atom. The summed E-state index contributed by atoms with van der Waals surface area (Å²) >= 11 is 3.56. The molecule has 6 rings (SSSR count). The van der Waals surface area contributed by atoms with E-state index in [1.165, 1.54) is 0 Å². The molecule has 1 N–H and O–H groups in total. The minimum atomic E-state index is -0.171.